The van der Waals surface area contributed by atoms with Crippen LogP contribution in [0.15, 0.2) is 23.5 Å². The minimum atomic E-state index is -0.280. The topological polar surface area (TPSA) is 81.2 Å². The molecule has 0 spiro atoms. The lowest BCUT2D eigenvalue weighted by Crippen LogP contribution is -2.43. The molecule has 0 aliphatic carbocycles. The Bertz CT molecular complexity index is 821. The number of hydrogen-bond donors (Lipinski definition) is 0. The maximum Gasteiger partial charge on any atom is 0.345 e. The van der Waals surface area contributed by atoms with Crippen molar-refractivity contribution < 1.29 is 4.79 Å². The van der Waals surface area contributed by atoms with Crippen molar-refractivity contribution in [1.29, 1.82) is 0 Å². The molecule has 0 radical (unpaired) electrons. The zero-order valence-electron chi connectivity index (χ0n) is 15.9. The van der Waals surface area contributed by atoms with Crippen LogP contribution in [0.25, 0.3) is 0 Å². The standard InChI is InChI=1S/C17H27N7O2/c1-20-7-5-6-13(16(20)14-8-18-23(4)10-14)9-21(2)15(25)11-24-17(26)22(3)12-19-24/h8,10,12-13,16H,5-7,9,11H2,1-4H3/t13-,16+/m0/s1. The summed E-state index contributed by atoms with van der Waals surface area (Å²) in [4.78, 5) is 28.5. The molecule has 3 heterocycles. The predicted molar refractivity (Wildman–Crippen MR) is 96.4 cm³/mol. The van der Waals surface area contributed by atoms with Crippen LogP contribution in [0.3, 0.4) is 0 Å². The van der Waals surface area contributed by atoms with Gasteiger partial charge in [-0.2, -0.15) is 10.2 Å². The van der Waals surface area contributed by atoms with E-state index >= 15 is 0 Å². The van der Waals surface area contributed by atoms with E-state index in [1.807, 2.05) is 17.9 Å². The molecule has 0 aromatic carbocycles. The highest BCUT2D eigenvalue weighted by Gasteiger charge is 2.32. The van der Waals surface area contributed by atoms with Crippen LogP contribution in [0.1, 0.15) is 24.4 Å². The van der Waals surface area contributed by atoms with E-state index in [-0.39, 0.29) is 24.2 Å². The molecule has 9 nitrogen and oxygen atoms in total. The summed E-state index contributed by atoms with van der Waals surface area (Å²) in [6, 6.07) is 0.241. The number of rotatable bonds is 5. The molecule has 0 saturated carbocycles. The van der Waals surface area contributed by atoms with Crippen molar-refractivity contribution in [2.45, 2.75) is 25.4 Å². The molecule has 2 aromatic heterocycles. The first-order chi connectivity index (χ1) is 12.4. The second-order valence-corrected chi connectivity index (χ2v) is 7.23. The summed E-state index contributed by atoms with van der Waals surface area (Å²) in [6.45, 7) is 1.65. The minimum absolute atomic E-state index is 0.0315. The Morgan fingerprint density at radius 1 is 1.31 bits per heavy atom. The van der Waals surface area contributed by atoms with Gasteiger partial charge in [-0.15, -0.1) is 0 Å². The number of nitrogens with zero attached hydrogens (tertiary/aromatic N) is 7. The van der Waals surface area contributed by atoms with Crippen molar-refractivity contribution in [3.63, 3.8) is 0 Å². The second-order valence-electron chi connectivity index (χ2n) is 7.23. The molecule has 1 fully saturated rings. The lowest BCUT2D eigenvalue weighted by atomic mass is 9.85. The van der Waals surface area contributed by atoms with Crippen LogP contribution in [0, 0.1) is 5.92 Å². The van der Waals surface area contributed by atoms with Gasteiger partial charge in [-0.25, -0.2) is 9.48 Å². The Balaban J connectivity index is 1.69. The summed E-state index contributed by atoms with van der Waals surface area (Å²) in [6.07, 6.45) is 7.55. The van der Waals surface area contributed by atoms with Gasteiger partial charge < -0.3 is 4.90 Å². The molecule has 9 heteroatoms. The van der Waals surface area contributed by atoms with Crippen molar-refractivity contribution in [1.82, 2.24) is 33.9 Å². The van der Waals surface area contributed by atoms with E-state index in [0.717, 1.165) is 19.4 Å². The first-order valence-corrected chi connectivity index (χ1v) is 8.88. The lowest BCUT2D eigenvalue weighted by Gasteiger charge is -2.40. The maximum atomic E-state index is 12.6. The van der Waals surface area contributed by atoms with Crippen molar-refractivity contribution in [2.24, 2.45) is 20.0 Å². The van der Waals surface area contributed by atoms with Crippen molar-refractivity contribution >= 4 is 5.91 Å². The van der Waals surface area contributed by atoms with E-state index in [4.69, 9.17) is 0 Å². The Hall–Kier alpha value is -2.42. The fourth-order valence-electron chi connectivity index (χ4n) is 3.80. The molecule has 1 amide bonds. The summed E-state index contributed by atoms with van der Waals surface area (Å²) in [5.74, 6) is 0.219. The number of likely N-dealkylation sites (N-methyl/N-ethyl adjacent to an activating group) is 1. The number of carbonyl (C=O) groups is 1. The molecule has 0 unspecified atom stereocenters. The van der Waals surface area contributed by atoms with E-state index in [1.54, 1.807) is 19.0 Å². The molecule has 1 aliphatic heterocycles. The molecule has 142 valence electrons. The monoisotopic (exact) mass is 361 g/mol. The fraction of sp³-hybridized carbons (Fsp3) is 0.647. The number of amides is 1. The quantitative estimate of drug-likeness (QED) is 0.740. The molecule has 0 N–H and O–H groups in total. The van der Waals surface area contributed by atoms with Gasteiger partial charge in [-0.05, 0) is 32.4 Å². The summed E-state index contributed by atoms with van der Waals surface area (Å²) in [5.41, 5.74) is 0.902. The van der Waals surface area contributed by atoms with Crippen LogP contribution >= 0.6 is 0 Å². The van der Waals surface area contributed by atoms with Crippen LogP contribution in [-0.2, 0) is 25.4 Å². The molecule has 2 aromatic rings. The zero-order valence-corrected chi connectivity index (χ0v) is 15.9. The van der Waals surface area contributed by atoms with E-state index < -0.39 is 0 Å². The Morgan fingerprint density at radius 3 is 2.69 bits per heavy atom. The molecular formula is C17H27N7O2. The summed E-state index contributed by atoms with van der Waals surface area (Å²) in [5, 5.41) is 8.27. The maximum absolute atomic E-state index is 12.6. The Kier molecular flexibility index (Phi) is 5.26. The van der Waals surface area contributed by atoms with Gasteiger partial charge in [0.15, 0.2) is 0 Å². The summed E-state index contributed by atoms with van der Waals surface area (Å²) in [7, 11) is 7.46. The van der Waals surface area contributed by atoms with Crippen LogP contribution in [0.2, 0.25) is 0 Å². The van der Waals surface area contributed by atoms with Gasteiger partial charge in [-0.3, -0.25) is 18.9 Å². The van der Waals surface area contributed by atoms with Gasteiger partial charge in [0.25, 0.3) is 0 Å². The van der Waals surface area contributed by atoms with E-state index in [0.29, 0.717) is 12.5 Å². The zero-order chi connectivity index (χ0) is 18.8. The third-order valence-corrected chi connectivity index (χ3v) is 5.18. The highest BCUT2D eigenvalue weighted by Crippen LogP contribution is 2.35. The van der Waals surface area contributed by atoms with Crippen molar-refractivity contribution in [3.8, 4) is 0 Å². The predicted octanol–water partition coefficient (Wildman–Crippen LogP) is -0.143. The fourth-order valence-corrected chi connectivity index (χ4v) is 3.80. The SMILES string of the molecule is CN(C[C@@H]1CCCN(C)[C@H]1c1cnn(C)c1)C(=O)Cn1ncn(C)c1=O. The Labute approximate surface area is 152 Å². The lowest BCUT2D eigenvalue weighted by molar-refractivity contribution is -0.131. The smallest absolute Gasteiger partial charge is 0.344 e. The van der Waals surface area contributed by atoms with Gasteiger partial charge in [0, 0.05) is 45.5 Å². The highest BCUT2D eigenvalue weighted by atomic mass is 16.2. The molecule has 3 rings (SSSR count). The van der Waals surface area contributed by atoms with Gasteiger partial charge in [0.1, 0.15) is 12.9 Å². The Morgan fingerprint density at radius 2 is 2.08 bits per heavy atom. The first-order valence-electron chi connectivity index (χ1n) is 8.88. The normalized spacial score (nSPS) is 21.1. The third-order valence-electron chi connectivity index (χ3n) is 5.18. The molecule has 1 saturated heterocycles. The largest absolute Gasteiger partial charge is 0.345 e. The van der Waals surface area contributed by atoms with E-state index in [2.05, 4.69) is 28.3 Å². The number of aromatic nitrogens is 5. The number of carbonyl (C=O) groups excluding carboxylic acids is 1. The number of aryl methyl sites for hydroxylation is 2. The van der Waals surface area contributed by atoms with E-state index in [1.165, 1.54) is 21.1 Å². The number of piperidine rings is 1. The van der Waals surface area contributed by atoms with E-state index in [9.17, 15) is 9.59 Å². The highest BCUT2D eigenvalue weighted by molar-refractivity contribution is 5.75. The van der Waals surface area contributed by atoms with Gasteiger partial charge in [-0.1, -0.05) is 0 Å². The summed E-state index contributed by atoms with van der Waals surface area (Å²) < 4.78 is 4.38. The van der Waals surface area contributed by atoms with Gasteiger partial charge in [0.05, 0.1) is 6.20 Å². The molecule has 26 heavy (non-hydrogen) atoms. The average Bonchev–Trinajstić information content (AvgIpc) is 3.15. The number of likely N-dealkylation sites (tertiary alicyclic amines) is 1. The second kappa shape index (κ2) is 7.45. The molecule has 1 aliphatic rings. The van der Waals surface area contributed by atoms with Crippen molar-refractivity contribution in [2.75, 3.05) is 27.2 Å². The van der Waals surface area contributed by atoms with Crippen LogP contribution < -0.4 is 5.69 Å². The molecular weight excluding hydrogens is 334 g/mol. The van der Waals surface area contributed by atoms with Gasteiger partial charge >= 0.3 is 5.69 Å². The molecule has 0 bridgehead atoms. The number of hydrogen-bond acceptors (Lipinski definition) is 5. The van der Waals surface area contributed by atoms with Crippen LogP contribution in [-0.4, -0.2) is 67.0 Å². The minimum Gasteiger partial charge on any atom is -0.344 e. The first kappa shape index (κ1) is 18.4. The molecule has 2 atom stereocenters. The van der Waals surface area contributed by atoms with Crippen LogP contribution in [0.5, 0.6) is 0 Å². The van der Waals surface area contributed by atoms with Crippen molar-refractivity contribution in [3.05, 3.63) is 34.8 Å². The third kappa shape index (κ3) is 3.72. The average molecular weight is 361 g/mol. The van der Waals surface area contributed by atoms with Gasteiger partial charge in [0.2, 0.25) is 5.91 Å². The van der Waals surface area contributed by atoms with Crippen LogP contribution in [0.4, 0.5) is 0 Å². The summed E-state index contributed by atoms with van der Waals surface area (Å²) >= 11 is 0.